The highest BCUT2D eigenvalue weighted by atomic mass is 16.5. The zero-order chi connectivity index (χ0) is 27.7. The molecule has 0 aliphatic carbocycles. The first-order valence-corrected chi connectivity index (χ1v) is 14.6. The van der Waals surface area contributed by atoms with Gasteiger partial charge in [0.2, 0.25) is 0 Å². The summed E-state index contributed by atoms with van der Waals surface area (Å²) in [5.41, 5.74) is 3.60. The standard InChI is InChI=1S/C35H41N3O2/c1-3-38(34-21-9-10-24-37(34)2)35(39)36-23-22-32(33-20-12-16-28-15-7-8-19-31(28)33)29-17-11-18-30(25-29)40-26-27-13-5-4-6-14-27/h4-8,11-20,25,32,34H,3,9-10,21-24,26H2,1-2H3,(H,36,39). The Hall–Kier alpha value is -3.83. The van der Waals surface area contributed by atoms with Crippen molar-refractivity contribution < 1.29 is 9.53 Å². The molecular weight excluding hydrogens is 494 g/mol. The van der Waals surface area contributed by atoms with Crippen LogP contribution in [-0.4, -0.2) is 48.7 Å². The third-order valence-electron chi connectivity index (χ3n) is 8.11. The molecule has 1 aliphatic rings. The van der Waals surface area contributed by atoms with Gasteiger partial charge in [0.1, 0.15) is 12.4 Å². The molecule has 0 saturated carbocycles. The highest BCUT2D eigenvalue weighted by Gasteiger charge is 2.28. The Morgan fingerprint density at radius 1 is 0.975 bits per heavy atom. The molecule has 1 fully saturated rings. The monoisotopic (exact) mass is 535 g/mol. The fourth-order valence-electron chi connectivity index (χ4n) is 5.98. The first-order valence-electron chi connectivity index (χ1n) is 14.6. The molecule has 208 valence electrons. The van der Waals surface area contributed by atoms with Crippen molar-refractivity contribution in [1.82, 2.24) is 15.1 Å². The number of urea groups is 1. The first kappa shape index (κ1) is 27.7. The van der Waals surface area contributed by atoms with E-state index in [1.54, 1.807) is 0 Å². The van der Waals surface area contributed by atoms with Gasteiger partial charge in [0.05, 0.1) is 6.17 Å². The number of hydrogen-bond acceptors (Lipinski definition) is 3. The van der Waals surface area contributed by atoms with Gasteiger partial charge in [0.25, 0.3) is 0 Å². The maximum absolute atomic E-state index is 13.3. The molecule has 5 rings (SSSR count). The van der Waals surface area contributed by atoms with Crippen molar-refractivity contribution in [3.05, 3.63) is 114 Å². The van der Waals surface area contributed by atoms with Gasteiger partial charge in [-0.1, -0.05) is 84.9 Å². The highest BCUT2D eigenvalue weighted by Crippen LogP contribution is 2.34. The largest absolute Gasteiger partial charge is 0.489 e. The van der Waals surface area contributed by atoms with Gasteiger partial charge >= 0.3 is 6.03 Å². The van der Waals surface area contributed by atoms with E-state index >= 15 is 0 Å². The summed E-state index contributed by atoms with van der Waals surface area (Å²) in [6, 6.07) is 33.8. The summed E-state index contributed by atoms with van der Waals surface area (Å²) in [6.07, 6.45) is 4.37. The lowest BCUT2D eigenvalue weighted by molar-refractivity contribution is 0.0584. The SMILES string of the molecule is CCN(C(=O)NCCC(c1cccc(OCc2ccccc2)c1)c1cccc2ccccc12)C1CCCCN1C. The van der Waals surface area contributed by atoms with Crippen molar-refractivity contribution in [2.45, 2.75) is 51.3 Å². The van der Waals surface area contributed by atoms with Crippen LogP contribution in [0, 0.1) is 0 Å². The number of rotatable bonds is 10. The molecule has 0 bridgehead atoms. The van der Waals surface area contributed by atoms with Crippen LogP contribution in [0.25, 0.3) is 10.8 Å². The number of benzene rings is 4. The van der Waals surface area contributed by atoms with Crippen LogP contribution in [0.4, 0.5) is 4.79 Å². The number of likely N-dealkylation sites (tertiary alicyclic amines) is 1. The van der Waals surface area contributed by atoms with Crippen LogP contribution in [0.1, 0.15) is 55.2 Å². The van der Waals surface area contributed by atoms with Gasteiger partial charge in [-0.2, -0.15) is 0 Å². The minimum Gasteiger partial charge on any atom is -0.489 e. The molecule has 4 aromatic rings. The molecule has 40 heavy (non-hydrogen) atoms. The Morgan fingerprint density at radius 3 is 2.58 bits per heavy atom. The molecule has 1 N–H and O–H groups in total. The lowest BCUT2D eigenvalue weighted by Crippen LogP contribution is -2.54. The zero-order valence-corrected chi connectivity index (χ0v) is 23.8. The fourth-order valence-corrected chi connectivity index (χ4v) is 5.98. The number of amides is 2. The fraction of sp³-hybridized carbons (Fsp3) is 0.343. The number of hydrogen-bond donors (Lipinski definition) is 1. The van der Waals surface area contributed by atoms with Crippen molar-refractivity contribution in [3.63, 3.8) is 0 Å². The predicted octanol–water partition coefficient (Wildman–Crippen LogP) is 7.41. The maximum atomic E-state index is 13.3. The third kappa shape index (κ3) is 6.65. The van der Waals surface area contributed by atoms with E-state index in [1.807, 2.05) is 29.2 Å². The van der Waals surface area contributed by atoms with E-state index in [1.165, 1.54) is 34.7 Å². The van der Waals surface area contributed by atoms with Gasteiger partial charge in [-0.15, -0.1) is 0 Å². The van der Waals surface area contributed by atoms with E-state index in [0.29, 0.717) is 19.7 Å². The average molecular weight is 536 g/mol. The molecule has 1 heterocycles. The average Bonchev–Trinajstić information content (AvgIpc) is 3.00. The van der Waals surface area contributed by atoms with Crippen LogP contribution in [0.15, 0.2) is 97.1 Å². The minimum atomic E-state index is 0.0258. The predicted molar refractivity (Wildman–Crippen MR) is 164 cm³/mol. The molecule has 1 saturated heterocycles. The minimum absolute atomic E-state index is 0.0258. The molecule has 2 unspecified atom stereocenters. The van der Waals surface area contributed by atoms with Crippen LogP contribution in [0.5, 0.6) is 5.75 Å². The number of nitrogens with zero attached hydrogens (tertiary/aromatic N) is 2. The second-order valence-electron chi connectivity index (χ2n) is 10.7. The molecule has 4 aromatic carbocycles. The molecule has 0 aromatic heterocycles. The maximum Gasteiger partial charge on any atom is 0.318 e. The second-order valence-corrected chi connectivity index (χ2v) is 10.7. The van der Waals surface area contributed by atoms with E-state index in [4.69, 9.17) is 4.74 Å². The Balaban J connectivity index is 1.36. The Kier molecular flexibility index (Phi) is 9.35. The molecular formula is C35H41N3O2. The van der Waals surface area contributed by atoms with Crippen molar-refractivity contribution in [3.8, 4) is 5.75 Å². The summed E-state index contributed by atoms with van der Waals surface area (Å²) in [7, 11) is 2.13. The lowest BCUT2D eigenvalue weighted by atomic mass is 9.85. The molecule has 2 amide bonds. The van der Waals surface area contributed by atoms with Gasteiger partial charge in [-0.05, 0) is 85.8 Å². The van der Waals surface area contributed by atoms with Crippen LogP contribution < -0.4 is 10.1 Å². The van der Waals surface area contributed by atoms with Crippen LogP contribution in [-0.2, 0) is 6.61 Å². The lowest BCUT2D eigenvalue weighted by Gasteiger charge is -2.40. The van der Waals surface area contributed by atoms with Gasteiger partial charge in [-0.3, -0.25) is 4.90 Å². The van der Waals surface area contributed by atoms with E-state index < -0.39 is 0 Å². The Bertz CT molecular complexity index is 1380. The third-order valence-corrected chi connectivity index (χ3v) is 8.11. The summed E-state index contributed by atoms with van der Waals surface area (Å²) >= 11 is 0. The van der Waals surface area contributed by atoms with Crippen LogP contribution in [0.2, 0.25) is 0 Å². The topological polar surface area (TPSA) is 44.8 Å². The van der Waals surface area contributed by atoms with E-state index in [-0.39, 0.29) is 18.1 Å². The van der Waals surface area contributed by atoms with Crippen LogP contribution in [0.3, 0.4) is 0 Å². The molecule has 1 aliphatic heterocycles. The number of carbonyl (C=O) groups is 1. The summed E-state index contributed by atoms with van der Waals surface area (Å²) in [6.45, 7) is 4.94. The van der Waals surface area contributed by atoms with Crippen molar-refractivity contribution in [2.75, 3.05) is 26.7 Å². The van der Waals surface area contributed by atoms with Crippen molar-refractivity contribution in [1.29, 1.82) is 0 Å². The Morgan fingerprint density at radius 2 is 1.75 bits per heavy atom. The van der Waals surface area contributed by atoms with Gasteiger partial charge in [-0.25, -0.2) is 4.79 Å². The van der Waals surface area contributed by atoms with E-state index in [0.717, 1.165) is 30.7 Å². The molecule has 0 spiro atoms. The van der Waals surface area contributed by atoms with Crippen molar-refractivity contribution in [2.24, 2.45) is 0 Å². The van der Waals surface area contributed by atoms with Gasteiger partial charge < -0.3 is 15.0 Å². The molecule has 5 nitrogen and oxygen atoms in total. The van der Waals surface area contributed by atoms with Gasteiger partial charge in [0.15, 0.2) is 0 Å². The second kappa shape index (κ2) is 13.5. The smallest absolute Gasteiger partial charge is 0.318 e. The van der Waals surface area contributed by atoms with E-state index in [2.05, 4.69) is 97.0 Å². The number of nitrogens with one attached hydrogen (secondary N) is 1. The molecule has 0 radical (unpaired) electrons. The number of piperidine rings is 1. The first-order chi connectivity index (χ1) is 19.6. The number of fused-ring (bicyclic) bond motifs is 1. The molecule has 5 heteroatoms. The number of ether oxygens (including phenoxy) is 1. The van der Waals surface area contributed by atoms with Gasteiger partial charge in [0, 0.05) is 19.0 Å². The van der Waals surface area contributed by atoms with Crippen molar-refractivity contribution >= 4 is 16.8 Å². The Labute approximate surface area is 238 Å². The quantitative estimate of drug-likeness (QED) is 0.230. The summed E-state index contributed by atoms with van der Waals surface area (Å²) < 4.78 is 6.19. The van der Waals surface area contributed by atoms with Crippen LogP contribution >= 0.6 is 0 Å². The van der Waals surface area contributed by atoms with E-state index in [9.17, 15) is 4.79 Å². The summed E-state index contributed by atoms with van der Waals surface area (Å²) in [4.78, 5) is 17.6. The highest BCUT2D eigenvalue weighted by molar-refractivity contribution is 5.86. The summed E-state index contributed by atoms with van der Waals surface area (Å²) in [5.74, 6) is 0.965. The number of carbonyl (C=O) groups excluding carboxylic acids is 1. The summed E-state index contributed by atoms with van der Waals surface area (Å²) in [5, 5.41) is 5.73. The normalized spacial score (nSPS) is 16.4. The molecule has 2 atom stereocenters. The zero-order valence-electron chi connectivity index (χ0n) is 23.8.